The average Bonchev–Trinajstić information content (AvgIpc) is 2.97. The van der Waals surface area contributed by atoms with Crippen molar-refractivity contribution in [3.63, 3.8) is 0 Å². The Morgan fingerprint density at radius 2 is 2.33 bits per heavy atom. The minimum absolute atomic E-state index is 0.519. The fourth-order valence-electron chi connectivity index (χ4n) is 1.68. The van der Waals surface area contributed by atoms with Crippen molar-refractivity contribution in [2.75, 3.05) is 17.6 Å². The van der Waals surface area contributed by atoms with Crippen LogP contribution in [0.4, 0.5) is 11.7 Å². The summed E-state index contributed by atoms with van der Waals surface area (Å²) in [5.41, 5.74) is 10.8. The molecular weight excluding hydrogens is 248 g/mol. The first kappa shape index (κ1) is 11.0. The zero-order valence-electron chi connectivity index (χ0n) is 9.59. The first-order valence-electron chi connectivity index (χ1n) is 5.58. The minimum atomic E-state index is 0.519. The lowest BCUT2D eigenvalue weighted by molar-refractivity contribution is 0.614. The normalized spacial score (nSPS) is 10.9. The smallest absolute Gasteiger partial charge is 0.295 e. The molecule has 0 radical (unpaired) electrons. The summed E-state index contributed by atoms with van der Waals surface area (Å²) >= 11 is 1.60. The highest BCUT2D eigenvalue weighted by Gasteiger charge is 2.05. The highest BCUT2D eigenvalue weighted by atomic mass is 32.1. The molecule has 3 rings (SSSR count). The van der Waals surface area contributed by atoms with Crippen LogP contribution in [0.2, 0.25) is 0 Å². The van der Waals surface area contributed by atoms with Crippen molar-refractivity contribution in [1.82, 2.24) is 9.97 Å². The van der Waals surface area contributed by atoms with Crippen LogP contribution >= 0.6 is 11.3 Å². The second-order valence-electron chi connectivity index (χ2n) is 3.90. The number of nitrogens with two attached hydrogens (primary N) is 1. The summed E-state index contributed by atoms with van der Waals surface area (Å²) in [4.78, 5) is 8.53. The summed E-state index contributed by atoms with van der Waals surface area (Å²) in [7, 11) is 0. The molecule has 0 aliphatic rings. The number of benzene rings is 1. The van der Waals surface area contributed by atoms with Gasteiger partial charge in [-0.3, -0.25) is 0 Å². The number of fused-ring (bicyclic) bond motifs is 1. The van der Waals surface area contributed by atoms with E-state index in [4.69, 9.17) is 10.2 Å². The Balaban J connectivity index is 1.67. The maximum Gasteiger partial charge on any atom is 0.295 e. The average molecular weight is 260 g/mol. The Bertz CT molecular complexity index is 647. The van der Waals surface area contributed by atoms with Gasteiger partial charge in [-0.2, -0.15) is 4.98 Å². The van der Waals surface area contributed by atoms with Crippen molar-refractivity contribution in [3.8, 4) is 0 Å². The number of hydrogen-bond donors (Lipinski definition) is 2. The quantitative estimate of drug-likeness (QED) is 0.705. The van der Waals surface area contributed by atoms with Crippen LogP contribution in [-0.4, -0.2) is 16.5 Å². The van der Waals surface area contributed by atoms with E-state index in [9.17, 15) is 0 Å². The van der Waals surface area contributed by atoms with E-state index in [1.165, 1.54) is 0 Å². The topological polar surface area (TPSA) is 77.0 Å². The van der Waals surface area contributed by atoms with Gasteiger partial charge in [0.05, 0.1) is 11.2 Å². The Morgan fingerprint density at radius 1 is 1.39 bits per heavy atom. The molecule has 2 heterocycles. The summed E-state index contributed by atoms with van der Waals surface area (Å²) < 4.78 is 5.55. The minimum Gasteiger partial charge on any atom is -0.423 e. The molecule has 0 saturated heterocycles. The number of rotatable bonds is 4. The van der Waals surface area contributed by atoms with Gasteiger partial charge in [0.15, 0.2) is 5.58 Å². The second kappa shape index (κ2) is 4.66. The van der Waals surface area contributed by atoms with Crippen LogP contribution in [0.3, 0.4) is 0 Å². The van der Waals surface area contributed by atoms with Gasteiger partial charge >= 0.3 is 0 Å². The Hall–Kier alpha value is -2.08. The lowest BCUT2D eigenvalue weighted by atomic mass is 10.3. The maximum atomic E-state index is 5.68. The van der Waals surface area contributed by atoms with Crippen molar-refractivity contribution in [2.24, 2.45) is 0 Å². The highest BCUT2D eigenvalue weighted by Crippen LogP contribution is 2.20. The lowest BCUT2D eigenvalue weighted by Crippen LogP contribution is -2.04. The van der Waals surface area contributed by atoms with E-state index in [0.29, 0.717) is 17.3 Å². The van der Waals surface area contributed by atoms with Crippen LogP contribution in [0.25, 0.3) is 11.1 Å². The van der Waals surface area contributed by atoms with E-state index in [1.807, 2.05) is 23.0 Å². The van der Waals surface area contributed by atoms with Gasteiger partial charge in [0, 0.05) is 30.1 Å². The summed E-state index contributed by atoms with van der Waals surface area (Å²) in [5.74, 6) is 0. The Labute approximate surface area is 108 Å². The second-order valence-corrected chi connectivity index (χ2v) is 4.62. The molecule has 1 aromatic carbocycles. The van der Waals surface area contributed by atoms with Gasteiger partial charge in [-0.05, 0) is 12.1 Å². The third-order valence-corrected chi connectivity index (χ3v) is 3.19. The third-order valence-electron chi connectivity index (χ3n) is 2.55. The number of anilines is 2. The molecule has 0 spiro atoms. The van der Waals surface area contributed by atoms with Crippen LogP contribution < -0.4 is 11.1 Å². The van der Waals surface area contributed by atoms with Crippen molar-refractivity contribution in [3.05, 3.63) is 34.8 Å². The largest absolute Gasteiger partial charge is 0.423 e. The van der Waals surface area contributed by atoms with Crippen molar-refractivity contribution >= 4 is 34.1 Å². The van der Waals surface area contributed by atoms with E-state index in [2.05, 4.69) is 15.3 Å². The van der Waals surface area contributed by atoms with Crippen molar-refractivity contribution < 1.29 is 4.42 Å². The number of hydrogen-bond acceptors (Lipinski definition) is 6. The van der Waals surface area contributed by atoms with Gasteiger partial charge < -0.3 is 15.5 Å². The fourth-order valence-corrected chi connectivity index (χ4v) is 2.27. The van der Waals surface area contributed by atoms with Crippen LogP contribution in [0, 0.1) is 0 Å². The number of nitrogens with one attached hydrogen (secondary N) is 1. The van der Waals surface area contributed by atoms with Crippen molar-refractivity contribution in [2.45, 2.75) is 6.42 Å². The molecule has 0 unspecified atom stereocenters. The zero-order valence-corrected chi connectivity index (χ0v) is 10.4. The third kappa shape index (κ3) is 2.28. The van der Waals surface area contributed by atoms with Gasteiger partial charge in [0.25, 0.3) is 6.01 Å². The Kier molecular flexibility index (Phi) is 2.85. The van der Waals surface area contributed by atoms with Crippen LogP contribution in [0.1, 0.15) is 5.69 Å². The molecule has 3 aromatic rings. The number of nitrogens with zero attached hydrogens (tertiary/aromatic N) is 2. The van der Waals surface area contributed by atoms with E-state index in [1.54, 1.807) is 17.4 Å². The van der Waals surface area contributed by atoms with Gasteiger partial charge in [-0.25, -0.2) is 4.98 Å². The highest BCUT2D eigenvalue weighted by molar-refractivity contribution is 7.07. The molecular formula is C12H12N4OS. The van der Waals surface area contributed by atoms with Crippen LogP contribution in [0.5, 0.6) is 0 Å². The van der Waals surface area contributed by atoms with Gasteiger partial charge in [0.1, 0.15) is 5.52 Å². The number of nitrogen functional groups attached to an aromatic ring is 1. The summed E-state index contributed by atoms with van der Waals surface area (Å²) in [6, 6.07) is 5.95. The first-order chi connectivity index (χ1) is 8.81. The van der Waals surface area contributed by atoms with Gasteiger partial charge in [0.2, 0.25) is 0 Å². The molecule has 18 heavy (non-hydrogen) atoms. The van der Waals surface area contributed by atoms with E-state index >= 15 is 0 Å². The molecule has 0 aliphatic carbocycles. The lowest BCUT2D eigenvalue weighted by Gasteiger charge is -1.98. The molecule has 0 bridgehead atoms. The molecule has 92 valence electrons. The van der Waals surface area contributed by atoms with Crippen molar-refractivity contribution in [1.29, 1.82) is 0 Å². The molecule has 0 amide bonds. The molecule has 3 N–H and O–H groups in total. The predicted octanol–water partition coefficient (Wildman–Crippen LogP) is 2.52. The fraction of sp³-hybridized carbons (Fsp3) is 0.167. The standard InChI is InChI=1S/C12H12N4OS/c13-8-1-2-10-11(5-8)17-12(16-10)14-4-3-9-6-18-7-15-9/h1-2,5-7H,3-4,13H2,(H,14,16). The van der Waals surface area contributed by atoms with E-state index in [0.717, 1.165) is 24.2 Å². The summed E-state index contributed by atoms with van der Waals surface area (Å²) in [6.45, 7) is 0.742. The van der Waals surface area contributed by atoms with E-state index in [-0.39, 0.29) is 0 Å². The summed E-state index contributed by atoms with van der Waals surface area (Å²) in [5, 5.41) is 5.17. The molecule has 2 aromatic heterocycles. The molecule has 0 fully saturated rings. The molecule has 0 saturated carbocycles. The van der Waals surface area contributed by atoms with Gasteiger partial charge in [-0.1, -0.05) is 0 Å². The van der Waals surface area contributed by atoms with Gasteiger partial charge in [-0.15, -0.1) is 11.3 Å². The SMILES string of the molecule is Nc1ccc2nc(NCCc3cscn3)oc2c1. The van der Waals surface area contributed by atoms with Crippen LogP contribution in [-0.2, 0) is 6.42 Å². The predicted molar refractivity (Wildman–Crippen MR) is 72.7 cm³/mol. The molecule has 0 atom stereocenters. The number of thiazole rings is 1. The first-order valence-corrected chi connectivity index (χ1v) is 6.52. The number of oxazole rings is 1. The number of aromatic nitrogens is 2. The maximum absolute atomic E-state index is 5.68. The van der Waals surface area contributed by atoms with E-state index < -0.39 is 0 Å². The van der Waals surface area contributed by atoms with Crippen LogP contribution in [0.15, 0.2) is 33.5 Å². The molecule has 6 heteroatoms. The molecule has 0 aliphatic heterocycles. The summed E-state index contributed by atoms with van der Waals surface area (Å²) in [6.07, 6.45) is 0.852. The zero-order chi connectivity index (χ0) is 12.4. The molecule has 5 nitrogen and oxygen atoms in total. The Morgan fingerprint density at radius 3 is 3.17 bits per heavy atom. The monoisotopic (exact) mass is 260 g/mol.